The maximum Gasteiger partial charge on any atom is 0.335 e. The third-order valence-corrected chi connectivity index (χ3v) is 7.83. The Bertz CT molecular complexity index is 2080. The molecular weight excluding hydrogens is 592 g/mol. The van der Waals surface area contributed by atoms with Crippen molar-refractivity contribution in [3.8, 4) is 22.6 Å². The molecule has 6 aromatic rings. The Morgan fingerprint density at radius 3 is 2.61 bits per heavy atom. The Morgan fingerprint density at radius 1 is 1.00 bits per heavy atom. The maximum absolute atomic E-state index is 15.7. The Morgan fingerprint density at radius 2 is 1.86 bits per heavy atom. The number of rotatable bonds is 7. The lowest BCUT2D eigenvalue weighted by molar-refractivity contribution is -0.0705. The summed E-state index contributed by atoms with van der Waals surface area (Å²) in [4.78, 5) is 16.3. The van der Waals surface area contributed by atoms with Crippen LogP contribution in [-0.4, -0.2) is 25.8 Å². The predicted molar refractivity (Wildman–Crippen MR) is 157 cm³/mol. The molecule has 0 fully saturated rings. The van der Waals surface area contributed by atoms with Crippen LogP contribution < -0.4 is 9.47 Å². The van der Waals surface area contributed by atoms with Crippen molar-refractivity contribution in [1.82, 2.24) is 14.7 Å². The molecule has 0 saturated carbocycles. The summed E-state index contributed by atoms with van der Waals surface area (Å²) >= 11 is 5.93. The van der Waals surface area contributed by atoms with Crippen molar-refractivity contribution in [3.05, 3.63) is 130 Å². The number of nitrogens with zero attached hydrogens (tertiary/aromatic N) is 3. The highest BCUT2D eigenvalue weighted by atomic mass is 35.5. The number of carboxylic acid groups (broad SMARTS) is 1. The van der Waals surface area contributed by atoms with E-state index in [-0.39, 0.29) is 29.1 Å². The van der Waals surface area contributed by atoms with Crippen molar-refractivity contribution in [2.75, 3.05) is 0 Å². The zero-order chi connectivity index (χ0) is 30.6. The summed E-state index contributed by atoms with van der Waals surface area (Å²) in [6.45, 7) is 1.86. The molecule has 8 nitrogen and oxygen atoms in total. The van der Waals surface area contributed by atoms with Crippen molar-refractivity contribution in [2.45, 2.75) is 25.7 Å². The zero-order valence-electron chi connectivity index (χ0n) is 23.1. The first kappa shape index (κ1) is 27.6. The Labute approximate surface area is 254 Å². The lowest BCUT2D eigenvalue weighted by Gasteiger charge is -2.24. The van der Waals surface area contributed by atoms with Gasteiger partial charge in [0, 0.05) is 30.0 Å². The van der Waals surface area contributed by atoms with Gasteiger partial charge >= 0.3 is 5.97 Å². The van der Waals surface area contributed by atoms with Crippen LogP contribution in [0.15, 0.2) is 89.6 Å². The van der Waals surface area contributed by atoms with Gasteiger partial charge in [-0.05, 0) is 59.7 Å². The first-order chi connectivity index (χ1) is 21.2. The molecule has 4 aromatic carbocycles. The molecule has 11 heteroatoms. The minimum Gasteiger partial charge on any atom is -0.478 e. The number of benzene rings is 4. The van der Waals surface area contributed by atoms with E-state index in [9.17, 15) is 14.3 Å². The number of ether oxygens (including phenoxy) is 2. The Hall–Kier alpha value is -5.22. The van der Waals surface area contributed by atoms with Gasteiger partial charge in [0.05, 0.1) is 28.7 Å². The van der Waals surface area contributed by atoms with Gasteiger partial charge < -0.3 is 23.7 Å². The van der Waals surface area contributed by atoms with Crippen molar-refractivity contribution < 1.29 is 32.7 Å². The molecule has 1 unspecified atom stereocenters. The molecule has 1 aliphatic rings. The number of hydrogen-bond acceptors (Lipinski definition) is 6. The summed E-state index contributed by atoms with van der Waals surface area (Å²) in [5.41, 5.74) is 3.53. The number of aromatic carboxylic acids is 1. The van der Waals surface area contributed by atoms with Crippen LogP contribution in [0.1, 0.15) is 39.9 Å². The fourth-order valence-corrected chi connectivity index (χ4v) is 5.61. The van der Waals surface area contributed by atoms with Crippen LogP contribution in [0.25, 0.3) is 22.2 Å². The lowest BCUT2D eigenvalue weighted by Crippen LogP contribution is -2.32. The normalized spacial score (nSPS) is 15.6. The van der Waals surface area contributed by atoms with Crippen molar-refractivity contribution in [2.24, 2.45) is 0 Å². The van der Waals surface area contributed by atoms with Crippen molar-refractivity contribution >= 4 is 28.6 Å². The topological polar surface area (TPSA) is 99.6 Å². The van der Waals surface area contributed by atoms with Crippen LogP contribution in [0.3, 0.4) is 0 Å². The van der Waals surface area contributed by atoms with Gasteiger partial charge in [0.15, 0.2) is 11.5 Å². The van der Waals surface area contributed by atoms with E-state index in [2.05, 4.69) is 10.1 Å². The molecule has 2 aromatic heterocycles. The predicted octanol–water partition coefficient (Wildman–Crippen LogP) is 7.60. The van der Waals surface area contributed by atoms with Gasteiger partial charge in [0.25, 0.3) is 5.79 Å². The van der Waals surface area contributed by atoms with Gasteiger partial charge in [0.1, 0.15) is 29.4 Å². The monoisotopic (exact) mass is 613 g/mol. The fourth-order valence-electron chi connectivity index (χ4n) is 5.45. The van der Waals surface area contributed by atoms with Crippen LogP contribution in [0.2, 0.25) is 5.02 Å². The molecule has 0 saturated heterocycles. The van der Waals surface area contributed by atoms with E-state index >= 15 is 4.39 Å². The summed E-state index contributed by atoms with van der Waals surface area (Å²) in [5, 5.41) is 13.7. The zero-order valence-corrected chi connectivity index (χ0v) is 23.8. The molecule has 1 N–H and O–H groups in total. The lowest BCUT2D eigenvalue weighted by atomic mass is 10.0. The van der Waals surface area contributed by atoms with Crippen molar-refractivity contribution in [3.63, 3.8) is 0 Å². The van der Waals surface area contributed by atoms with Gasteiger partial charge in [-0.25, -0.2) is 18.6 Å². The molecule has 1 atom stereocenters. The van der Waals surface area contributed by atoms with E-state index in [1.54, 1.807) is 60.0 Å². The third-order valence-electron chi connectivity index (χ3n) is 7.60. The standard InChI is InChI=1S/C33H22ClF2N3O5/c1-33(24-9-8-21(34)16-26(24)36)43-29-4-2-3-23(31(29)44-33)18-5-6-19(25(35)13-18)15-30-37-27-10-7-20(32(40)41)14-28(27)39(30)17-22-11-12-42-38-22/h2-14,16H,15,17H2,1H3,(H,40,41). The van der Waals surface area contributed by atoms with E-state index in [1.807, 2.05) is 0 Å². The Balaban J connectivity index is 1.22. The van der Waals surface area contributed by atoms with Gasteiger partial charge in [-0.3, -0.25) is 0 Å². The highest BCUT2D eigenvalue weighted by Crippen LogP contribution is 2.49. The van der Waals surface area contributed by atoms with Crippen LogP contribution in [0.5, 0.6) is 11.5 Å². The SMILES string of the molecule is CC1(c2ccc(Cl)cc2F)Oc2cccc(-c3ccc(Cc4nc5ccc(C(=O)O)cc5n4Cc4ccon4)c(F)c3)c2O1. The van der Waals surface area contributed by atoms with Crippen LogP contribution in [-0.2, 0) is 18.8 Å². The number of carboxylic acids is 1. The number of para-hydroxylation sites is 1. The number of hydrogen-bond donors (Lipinski definition) is 1. The summed E-state index contributed by atoms with van der Waals surface area (Å²) in [5.74, 6) is -2.28. The molecule has 0 spiro atoms. The summed E-state index contributed by atoms with van der Waals surface area (Å²) in [6.07, 6.45) is 1.57. The van der Waals surface area contributed by atoms with E-state index in [4.69, 9.17) is 25.6 Å². The molecule has 220 valence electrons. The van der Waals surface area contributed by atoms with Crippen molar-refractivity contribution in [1.29, 1.82) is 0 Å². The smallest absolute Gasteiger partial charge is 0.335 e. The minimum absolute atomic E-state index is 0.109. The maximum atomic E-state index is 15.7. The van der Waals surface area contributed by atoms with E-state index in [0.29, 0.717) is 50.7 Å². The largest absolute Gasteiger partial charge is 0.478 e. The van der Waals surface area contributed by atoms with E-state index in [1.165, 1.54) is 36.6 Å². The quantitative estimate of drug-likeness (QED) is 0.198. The van der Waals surface area contributed by atoms with Crippen LogP contribution in [0, 0.1) is 11.6 Å². The van der Waals surface area contributed by atoms with Crippen LogP contribution in [0.4, 0.5) is 8.78 Å². The van der Waals surface area contributed by atoms with E-state index < -0.39 is 23.4 Å². The number of carbonyl (C=O) groups is 1. The first-order valence-electron chi connectivity index (χ1n) is 13.6. The second kappa shape index (κ2) is 10.5. The summed E-state index contributed by atoms with van der Waals surface area (Å²) in [6, 6.07) is 20.7. The fraction of sp³-hybridized carbons (Fsp3) is 0.121. The average Bonchev–Trinajstić information content (AvgIpc) is 3.71. The molecule has 0 radical (unpaired) electrons. The third kappa shape index (κ3) is 4.83. The molecule has 0 bridgehead atoms. The van der Waals surface area contributed by atoms with Gasteiger partial charge in [-0.1, -0.05) is 41.0 Å². The molecule has 7 rings (SSSR count). The van der Waals surface area contributed by atoms with E-state index in [0.717, 1.165) is 0 Å². The van der Waals surface area contributed by atoms with Gasteiger partial charge in [-0.2, -0.15) is 0 Å². The van der Waals surface area contributed by atoms with Gasteiger partial charge in [0.2, 0.25) is 0 Å². The molecule has 44 heavy (non-hydrogen) atoms. The molecule has 0 amide bonds. The molecule has 0 aliphatic carbocycles. The van der Waals surface area contributed by atoms with Gasteiger partial charge in [-0.15, -0.1) is 0 Å². The second-order valence-corrected chi connectivity index (χ2v) is 10.9. The number of imidazole rings is 1. The summed E-state index contributed by atoms with van der Waals surface area (Å²) < 4.78 is 49.5. The minimum atomic E-state index is -1.45. The number of aromatic nitrogens is 3. The first-order valence-corrected chi connectivity index (χ1v) is 13.9. The number of fused-ring (bicyclic) bond motifs is 2. The highest BCUT2D eigenvalue weighted by Gasteiger charge is 2.42. The molecule has 1 aliphatic heterocycles. The average molecular weight is 614 g/mol. The second-order valence-electron chi connectivity index (χ2n) is 10.5. The molecule has 3 heterocycles. The summed E-state index contributed by atoms with van der Waals surface area (Å²) in [7, 11) is 0. The highest BCUT2D eigenvalue weighted by molar-refractivity contribution is 6.30. The van der Waals surface area contributed by atoms with Crippen LogP contribution >= 0.6 is 11.6 Å². The number of halogens is 3. The Kier molecular flexibility index (Phi) is 6.58. The molecular formula is C33H22ClF2N3O5.